The fraction of sp³-hybridized carbons (Fsp3) is 0.517. The molecule has 2 fully saturated rings. The molecular weight excluding hydrogens is 656 g/mol. The Labute approximate surface area is 266 Å². The van der Waals surface area contributed by atoms with Crippen molar-refractivity contribution < 1.29 is 44.3 Å². The number of hydrogen-bond acceptors (Lipinski definition) is 9. The molecule has 2 aromatic heterocycles. The van der Waals surface area contributed by atoms with E-state index in [1.54, 1.807) is 19.1 Å². The molecule has 256 valence electrons. The van der Waals surface area contributed by atoms with Gasteiger partial charge in [0.1, 0.15) is 17.1 Å². The van der Waals surface area contributed by atoms with Crippen molar-refractivity contribution in [3.05, 3.63) is 41.2 Å². The van der Waals surface area contributed by atoms with E-state index in [0.29, 0.717) is 30.5 Å². The van der Waals surface area contributed by atoms with Gasteiger partial charge in [-0.25, -0.2) is 13.4 Å². The van der Waals surface area contributed by atoms with Gasteiger partial charge in [-0.1, -0.05) is 0 Å². The lowest BCUT2D eigenvalue weighted by Gasteiger charge is -2.33. The number of sulfone groups is 1. The van der Waals surface area contributed by atoms with Gasteiger partial charge in [-0.2, -0.15) is 36.4 Å². The molecule has 2 N–H and O–H groups in total. The molecule has 18 heteroatoms. The molecule has 0 bridgehead atoms. The van der Waals surface area contributed by atoms with E-state index in [0.717, 1.165) is 33.6 Å². The van der Waals surface area contributed by atoms with Gasteiger partial charge >= 0.3 is 18.3 Å². The number of hydrogen-bond donors (Lipinski definition) is 2. The number of likely N-dealkylation sites (tertiary alicyclic amines) is 1. The van der Waals surface area contributed by atoms with Crippen LogP contribution in [0.1, 0.15) is 62.1 Å². The zero-order chi connectivity index (χ0) is 34.5. The first kappa shape index (κ1) is 34.3. The minimum atomic E-state index is -4.94. The van der Waals surface area contributed by atoms with Gasteiger partial charge in [-0.05, 0) is 75.6 Å². The van der Waals surface area contributed by atoms with Gasteiger partial charge in [-0.3, -0.25) is 9.48 Å². The second-order valence-electron chi connectivity index (χ2n) is 11.9. The molecule has 3 heterocycles. The predicted octanol–water partition coefficient (Wildman–Crippen LogP) is 6.02. The van der Waals surface area contributed by atoms with Crippen molar-refractivity contribution in [3.8, 4) is 5.75 Å². The van der Waals surface area contributed by atoms with E-state index < -0.39 is 49.8 Å². The largest absolute Gasteiger partial charge is 0.488 e. The van der Waals surface area contributed by atoms with Crippen LogP contribution in [0.15, 0.2) is 29.6 Å². The quantitative estimate of drug-likeness (QED) is 0.259. The van der Waals surface area contributed by atoms with E-state index in [1.807, 2.05) is 0 Å². The minimum absolute atomic E-state index is 0.0619. The van der Waals surface area contributed by atoms with Crippen LogP contribution in [0.25, 0.3) is 0 Å². The lowest BCUT2D eigenvalue weighted by molar-refractivity contribution is -0.186. The van der Waals surface area contributed by atoms with E-state index in [-0.39, 0.29) is 36.7 Å². The Bertz CT molecular complexity index is 1760. The van der Waals surface area contributed by atoms with Crippen LogP contribution in [0.3, 0.4) is 0 Å². The first-order valence-corrected chi connectivity index (χ1v) is 16.3. The molecule has 1 amide bonds. The highest BCUT2D eigenvalue weighted by Gasteiger charge is 2.43. The summed E-state index contributed by atoms with van der Waals surface area (Å²) in [7, 11) is -2.55. The van der Waals surface area contributed by atoms with Crippen molar-refractivity contribution >= 4 is 38.9 Å². The summed E-state index contributed by atoms with van der Waals surface area (Å²) in [5.41, 5.74) is 0.461. The van der Waals surface area contributed by atoms with Crippen molar-refractivity contribution in [3.63, 3.8) is 0 Å². The number of halogens is 6. The summed E-state index contributed by atoms with van der Waals surface area (Å²) in [4.78, 5) is 20.4. The number of aromatic nitrogens is 4. The molecule has 0 radical (unpaired) electrons. The van der Waals surface area contributed by atoms with Gasteiger partial charge in [0.2, 0.25) is 20.8 Å². The topological polar surface area (TPSA) is 131 Å². The van der Waals surface area contributed by atoms with Crippen LogP contribution in [0, 0.1) is 6.92 Å². The maximum Gasteiger partial charge on any atom is 0.471 e. The average molecular weight is 690 g/mol. The molecule has 0 spiro atoms. The van der Waals surface area contributed by atoms with Crippen molar-refractivity contribution in [2.24, 2.45) is 7.05 Å². The predicted molar refractivity (Wildman–Crippen MR) is 159 cm³/mol. The highest BCUT2D eigenvalue weighted by molar-refractivity contribution is 7.92. The summed E-state index contributed by atoms with van der Waals surface area (Å²) >= 11 is 0. The highest BCUT2D eigenvalue weighted by atomic mass is 32.2. The van der Waals surface area contributed by atoms with Crippen LogP contribution in [0.5, 0.6) is 5.75 Å². The number of nitrogens with one attached hydrogen (secondary N) is 2. The number of rotatable bonds is 9. The van der Waals surface area contributed by atoms with E-state index >= 15 is 0 Å². The number of ether oxygens (including phenoxy) is 1. The fourth-order valence-electron chi connectivity index (χ4n) is 5.26. The smallest absolute Gasteiger partial charge is 0.471 e. The summed E-state index contributed by atoms with van der Waals surface area (Å²) in [6.45, 7) is 4.51. The zero-order valence-electron chi connectivity index (χ0n) is 25.8. The molecule has 1 saturated carbocycles. The van der Waals surface area contributed by atoms with Crippen LogP contribution in [-0.2, 0) is 27.9 Å². The van der Waals surface area contributed by atoms with Crippen molar-refractivity contribution in [1.29, 1.82) is 0 Å². The third-order valence-electron chi connectivity index (χ3n) is 7.93. The Balaban J connectivity index is 1.45. The van der Waals surface area contributed by atoms with E-state index in [1.165, 1.54) is 27.1 Å². The number of nitrogens with zero attached hydrogens (tertiary/aromatic N) is 5. The Kier molecular flexibility index (Phi) is 9.11. The van der Waals surface area contributed by atoms with Crippen LogP contribution < -0.4 is 15.4 Å². The summed E-state index contributed by atoms with van der Waals surface area (Å²) < 4.78 is 114. The van der Waals surface area contributed by atoms with Crippen LogP contribution in [0.2, 0.25) is 0 Å². The molecule has 2 aliphatic rings. The molecular formula is C29H33F6N7O4S. The van der Waals surface area contributed by atoms with Crippen molar-refractivity contribution in [1.82, 2.24) is 24.6 Å². The fourth-order valence-corrected chi connectivity index (χ4v) is 6.36. The van der Waals surface area contributed by atoms with E-state index in [4.69, 9.17) is 4.74 Å². The maximum atomic E-state index is 14.0. The Morgan fingerprint density at radius 2 is 1.68 bits per heavy atom. The Morgan fingerprint density at radius 1 is 1.02 bits per heavy atom. The first-order chi connectivity index (χ1) is 21.8. The summed E-state index contributed by atoms with van der Waals surface area (Å²) in [5, 5.41) is 8.03. The van der Waals surface area contributed by atoms with Crippen molar-refractivity contribution in [2.45, 2.75) is 81.1 Å². The summed E-state index contributed by atoms with van der Waals surface area (Å²) in [6, 6.07) is 3.45. The molecule has 1 aliphatic carbocycles. The molecule has 1 saturated heterocycles. The van der Waals surface area contributed by atoms with Crippen LogP contribution in [0.4, 0.5) is 49.5 Å². The Hall–Kier alpha value is -4.09. The number of carbonyl (C=O) groups is 1. The molecule has 1 aromatic carbocycles. The molecule has 3 aromatic rings. The van der Waals surface area contributed by atoms with Gasteiger partial charge < -0.3 is 20.3 Å². The molecule has 0 unspecified atom stereocenters. The normalized spacial score (nSPS) is 16.4. The summed E-state index contributed by atoms with van der Waals surface area (Å²) in [5.74, 6) is -2.61. The average Bonchev–Trinajstić information content (AvgIpc) is 3.72. The second kappa shape index (κ2) is 12.5. The highest BCUT2D eigenvalue weighted by Crippen LogP contribution is 2.41. The van der Waals surface area contributed by atoms with E-state index in [9.17, 15) is 39.6 Å². The number of benzene rings is 1. The number of amides is 1. The number of piperidine rings is 1. The molecule has 47 heavy (non-hydrogen) atoms. The molecule has 11 nitrogen and oxygen atoms in total. The molecule has 1 aliphatic heterocycles. The number of anilines is 4. The number of alkyl halides is 6. The molecule has 5 rings (SSSR count). The summed E-state index contributed by atoms with van der Waals surface area (Å²) in [6.07, 6.45) is -5.93. The third kappa shape index (κ3) is 7.57. The SMILES string of the molecule is Cc1cc(Nc2ncc(C(F)(F)F)c(Nc3cn(C)nc3S(=O)(=O)C(C)C)n2)c(OC2CC2)cc1C1CCN(C(=O)C(F)(F)F)CC1. The van der Waals surface area contributed by atoms with Gasteiger partial charge in [0, 0.05) is 32.5 Å². The monoisotopic (exact) mass is 689 g/mol. The second-order valence-corrected chi connectivity index (χ2v) is 14.3. The van der Waals surface area contributed by atoms with Crippen molar-refractivity contribution in [2.75, 3.05) is 23.7 Å². The van der Waals surface area contributed by atoms with Gasteiger partial charge in [0.05, 0.1) is 22.7 Å². The van der Waals surface area contributed by atoms with Gasteiger partial charge in [-0.15, -0.1) is 0 Å². The first-order valence-electron chi connectivity index (χ1n) is 14.8. The van der Waals surface area contributed by atoms with Gasteiger partial charge in [0.15, 0.2) is 0 Å². The standard InChI is InChI=1S/C29H33F6N7O4S/c1-15(2)47(44,45)25-22(14-41(4)40-25)37-24-20(28(30,31)32)13-36-27(39-24)38-21-11-16(3)19(12-23(21)46-18-5-6-18)17-7-9-42(10-8-17)26(43)29(33,34)35/h11-15,17-18H,5-10H2,1-4H3,(H2,36,37,38,39). The zero-order valence-corrected chi connectivity index (χ0v) is 26.6. The van der Waals surface area contributed by atoms with Crippen LogP contribution >= 0.6 is 0 Å². The maximum absolute atomic E-state index is 14.0. The number of carbonyl (C=O) groups excluding carboxylic acids is 1. The van der Waals surface area contributed by atoms with Gasteiger partial charge in [0.25, 0.3) is 0 Å². The lowest BCUT2D eigenvalue weighted by atomic mass is 9.86. The molecule has 0 atom stereocenters. The Morgan fingerprint density at radius 3 is 2.26 bits per heavy atom. The lowest BCUT2D eigenvalue weighted by Crippen LogP contribution is -2.45. The van der Waals surface area contributed by atoms with Crippen LogP contribution in [-0.4, -0.2) is 69.6 Å². The third-order valence-corrected chi connectivity index (χ3v) is 10.0. The van der Waals surface area contributed by atoms with E-state index in [2.05, 4.69) is 25.7 Å². The minimum Gasteiger partial charge on any atom is -0.488 e. The number of aryl methyl sites for hydroxylation is 2.